The molecule has 7 rings (SSSR count). The van der Waals surface area contributed by atoms with E-state index in [4.69, 9.17) is 9.47 Å². The third kappa shape index (κ3) is 3.26. The second-order valence-electron chi connectivity index (χ2n) is 8.19. The normalized spacial score (nSPS) is 12.6. The Hall–Kier alpha value is -4.58. The average molecular weight is 545 g/mol. The minimum Gasteiger partial charge on any atom is -0.454 e. The summed E-state index contributed by atoms with van der Waals surface area (Å²) in [6, 6.07) is 17.0. The van der Waals surface area contributed by atoms with E-state index in [1.54, 1.807) is 15.6 Å². The molecule has 6 aromatic rings. The summed E-state index contributed by atoms with van der Waals surface area (Å²) in [5, 5.41) is 11.8. The summed E-state index contributed by atoms with van der Waals surface area (Å²) in [4.78, 5) is 23.7. The zero-order chi connectivity index (χ0) is 24.2. The number of nitrogens with one attached hydrogen (secondary N) is 3. The maximum atomic E-state index is 13.4. The monoisotopic (exact) mass is 544 g/mol. The zero-order valence-corrected chi connectivity index (χ0v) is 20.1. The van der Waals surface area contributed by atoms with Crippen LogP contribution in [0.5, 0.6) is 11.5 Å². The fourth-order valence-corrected chi connectivity index (χ4v) is 4.92. The third-order valence-corrected chi connectivity index (χ3v) is 6.76. The van der Waals surface area contributed by atoms with Gasteiger partial charge in [0.05, 0.1) is 34.3 Å². The van der Waals surface area contributed by atoms with Crippen LogP contribution in [0.25, 0.3) is 39.0 Å². The summed E-state index contributed by atoms with van der Waals surface area (Å²) < 4.78 is 15.2. The van der Waals surface area contributed by atoms with Crippen molar-refractivity contribution in [3.8, 4) is 28.4 Å². The second-order valence-corrected chi connectivity index (χ2v) is 9.05. The molecule has 0 saturated heterocycles. The van der Waals surface area contributed by atoms with Crippen LogP contribution in [0.2, 0.25) is 0 Å². The number of hydrogen-bond acceptors (Lipinski definition) is 7. The van der Waals surface area contributed by atoms with Crippen LogP contribution >= 0.6 is 15.9 Å². The van der Waals surface area contributed by atoms with Gasteiger partial charge in [-0.15, -0.1) is 5.10 Å². The van der Waals surface area contributed by atoms with Crippen molar-refractivity contribution in [3.63, 3.8) is 0 Å². The minimum atomic E-state index is -0.306. The Balaban J connectivity index is 1.39. The standard InChI is InChI=1S/C24H17BrN8O3/c25-15-9-21-20(35-12-36-21)8-14(15)22-23(28-11-32-19-4-2-1-3-17(19)30-31-32)29-24(34)33(22)13-5-6-16-18(7-13)27-10-26-16/h1-10,28H,11-12H2,(H,26,27)(H,29,34). The number of hydrogen-bond donors (Lipinski definition) is 3. The number of anilines is 1. The molecular formula is C24H17BrN8O3. The Morgan fingerprint density at radius 2 is 1.92 bits per heavy atom. The molecule has 0 amide bonds. The first-order valence-corrected chi connectivity index (χ1v) is 11.9. The Morgan fingerprint density at radius 3 is 2.83 bits per heavy atom. The Kier molecular flexibility index (Phi) is 4.61. The van der Waals surface area contributed by atoms with E-state index in [1.165, 1.54) is 0 Å². The smallest absolute Gasteiger partial charge is 0.332 e. The molecule has 0 spiro atoms. The summed E-state index contributed by atoms with van der Waals surface area (Å²) in [6.07, 6.45) is 1.62. The highest BCUT2D eigenvalue weighted by molar-refractivity contribution is 9.10. The quantitative estimate of drug-likeness (QED) is 0.299. The van der Waals surface area contributed by atoms with Crippen LogP contribution in [0.3, 0.4) is 0 Å². The molecule has 1 aliphatic heterocycles. The van der Waals surface area contributed by atoms with Crippen molar-refractivity contribution >= 4 is 43.8 Å². The van der Waals surface area contributed by atoms with Gasteiger partial charge in [0.2, 0.25) is 6.79 Å². The number of imidazole rings is 2. The molecule has 3 aromatic carbocycles. The van der Waals surface area contributed by atoms with Gasteiger partial charge in [0.25, 0.3) is 0 Å². The maximum absolute atomic E-state index is 13.4. The third-order valence-electron chi connectivity index (χ3n) is 6.10. The largest absolute Gasteiger partial charge is 0.454 e. The number of rotatable bonds is 5. The van der Waals surface area contributed by atoms with Gasteiger partial charge in [0, 0.05) is 10.0 Å². The molecule has 0 fully saturated rings. The van der Waals surface area contributed by atoms with Crippen LogP contribution < -0.4 is 20.5 Å². The molecular weight excluding hydrogens is 528 g/mol. The van der Waals surface area contributed by atoms with Crippen LogP contribution in [0, 0.1) is 0 Å². The van der Waals surface area contributed by atoms with Gasteiger partial charge < -0.3 is 19.8 Å². The Labute approximate surface area is 210 Å². The highest BCUT2D eigenvalue weighted by Gasteiger charge is 2.24. The first kappa shape index (κ1) is 20.8. The number of para-hydroxylation sites is 1. The lowest BCUT2D eigenvalue weighted by Gasteiger charge is -2.14. The van der Waals surface area contributed by atoms with E-state index in [-0.39, 0.29) is 19.2 Å². The lowest BCUT2D eigenvalue weighted by atomic mass is 10.1. The maximum Gasteiger partial charge on any atom is 0.332 e. The second kappa shape index (κ2) is 7.99. The number of H-pyrrole nitrogens is 2. The molecule has 3 aromatic heterocycles. The number of fused-ring (bicyclic) bond motifs is 3. The lowest BCUT2D eigenvalue weighted by molar-refractivity contribution is 0.174. The minimum absolute atomic E-state index is 0.145. The van der Waals surface area contributed by atoms with E-state index in [9.17, 15) is 4.79 Å². The van der Waals surface area contributed by atoms with Gasteiger partial charge >= 0.3 is 5.69 Å². The molecule has 11 nitrogen and oxygen atoms in total. The summed E-state index contributed by atoms with van der Waals surface area (Å²) in [5.74, 6) is 1.76. The lowest BCUT2D eigenvalue weighted by Crippen LogP contribution is -2.15. The number of aromatic amines is 2. The molecule has 0 saturated carbocycles. The van der Waals surface area contributed by atoms with E-state index < -0.39 is 0 Å². The van der Waals surface area contributed by atoms with Crippen LogP contribution in [0.4, 0.5) is 5.82 Å². The van der Waals surface area contributed by atoms with E-state index in [1.807, 2.05) is 54.6 Å². The molecule has 0 atom stereocenters. The van der Waals surface area contributed by atoms with Crippen molar-refractivity contribution in [2.45, 2.75) is 6.67 Å². The molecule has 4 heterocycles. The van der Waals surface area contributed by atoms with Gasteiger partial charge in [-0.1, -0.05) is 17.3 Å². The topological polar surface area (TPSA) is 128 Å². The van der Waals surface area contributed by atoms with Gasteiger partial charge in [-0.2, -0.15) is 0 Å². The van der Waals surface area contributed by atoms with Gasteiger partial charge in [-0.3, -0.25) is 9.55 Å². The number of nitrogens with zero attached hydrogens (tertiary/aromatic N) is 5. The SMILES string of the molecule is O=c1[nH]c(NCn2nnc3ccccc32)c(-c2cc3c(cc2Br)OCO3)n1-c1ccc2nc[nH]c2c1. The van der Waals surface area contributed by atoms with Gasteiger partial charge in [0.15, 0.2) is 11.5 Å². The molecule has 0 bridgehead atoms. The summed E-state index contributed by atoms with van der Waals surface area (Å²) in [6.45, 7) is 0.432. The van der Waals surface area contributed by atoms with E-state index in [0.29, 0.717) is 28.7 Å². The molecule has 36 heavy (non-hydrogen) atoms. The Bertz CT molecular complexity index is 1830. The first-order chi connectivity index (χ1) is 17.7. The molecule has 178 valence electrons. The highest BCUT2D eigenvalue weighted by Crippen LogP contribution is 2.43. The number of ether oxygens (including phenoxy) is 2. The number of benzene rings is 3. The average Bonchev–Trinajstić information content (AvgIpc) is 3.67. The van der Waals surface area contributed by atoms with Gasteiger partial charge in [-0.25, -0.2) is 14.5 Å². The summed E-state index contributed by atoms with van der Waals surface area (Å²) in [5.41, 5.74) is 5.02. The number of aromatic nitrogens is 7. The van der Waals surface area contributed by atoms with E-state index >= 15 is 0 Å². The van der Waals surface area contributed by atoms with Crippen molar-refractivity contribution in [1.82, 2.24) is 34.5 Å². The fourth-order valence-electron chi connectivity index (χ4n) is 4.41. The van der Waals surface area contributed by atoms with Crippen molar-refractivity contribution in [3.05, 3.63) is 75.9 Å². The molecule has 1 aliphatic rings. The van der Waals surface area contributed by atoms with Crippen molar-refractivity contribution < 1.29 is 9.47 Å². The van der Waals surface area contributed by atoms with Gasteiger partial charge in [-0.05, 0) is 58.4 Å². The van der Waals surface area contributed by atoms with Crippen LogP contribution in [0.15, 0.2) is 70.2 Å². The van der Waals surface area contributed by atoms with Crippen LogP contribution in [-0.2, 0) is 6.67 Å². The van der Waals surface area contributed by atoms with Gasteiger partial charge in [0.1, 0.15) is 18.0 Å². The van der Waals surface area contributed by atoms with Crippen LogP contribution in [-0.4, -0.2) is 41.3 Å². The van der Waals surface area contributed by atoms with E-state index in [2.05, 4.69) is 46.5 Å². The zero-order valence-electron chi connectivity index (χ0n) is 18.5. The number of halogens is 1. The van der Waals surface area contributed by atoms with Crippen molar-refractivity contribution in [2.24, 2.45) is 0 Å². The molecule has 0 aliphatic carbocycles. The predicted molar refractivity (Wildman–Crippen MR) is 136 cm³/mol. The molecule has 3 N–H and O–H groups in total. The van der Waals surface area contributed by atoms with Crippen molar-refractivity contribution in [1.29, 1.82) is 0 Å². The molecule has 0 unspecified atom stereocenters. The summed E-state index contributed by atoms with van der Waals surface area (Å²) >= 11 is 3.66. The molecule has 12 heteroatoms. The first-order valence-electron chi connectivity index (χ1n) is 11.1. The molecule has 0 radical (unpaired) electrons. The van der Waals surface area contributed by atoms with Crippen molar-refractivity contribution in [2.75, 3.05) is 12.1 Å². The highest BCUT2D eigenvalue weighted by atomic mass is 79.9. The van der Waals surface area contributed by atoms with Crippen LogP contribution in [0.1, 0.15) is 0 Å². The fraction of sp³-hybridized carbons (Fsp3) is 0.0833. The summed E-state index contributed by atoms with van der Waals surface area (Å²) in [7, 11) is 0. The predicted octanol–water partition coefficient (Wildman–Crippen LogP) is 4.01. The Morgan fingerprint density at radius 1 is 1.06 bits per heavy atom. The van der Waals surface area contributed by atoms with E-state index in [0.717, 1.165) is 32.1 Å².